The van der Waals surface area contributed by atoms with Gasteiger partial charge in [-0.1, -0.05) is 152 Å². The third-order valence-corrected chi connectivity index (χ3v) is 12.8. The van der Waals surface area contributed by atoms with Gasteiger partial charge in [0.1, 0.15) is 11.2 Å². The Hall–Kier alpha value is -8.60. The Kier molecular flexibility index (Phi) is 8.18. The summed E-state index contributed by atoms with van der Waals surface area (Å²) >= 11 is 0. The molecule has 0 radical (unpaired) electrons. The van der Waals surface area contributed by atoms with Crippen LogP contribution in [0.1, 0.15) is 0 Å². The highest BCUT2D eigenvalue weighted by Gasteiger charge is 2.23. The van der Waals surface area contributed by atoms with E-state index >= 15 is 0 Å². The standard InChI is InChI=1S/C60H38N2O2/c1-3-14-39(15-4-1)40-26-28-41(29-27-40)42-30-32-45(33-31-42)61(47-34-35-55-52(37-47)48-20-7-10-23-54(48)62(55)44-17-5-2-6-18-44)46-19-13-16-43(36-46)51-38-53-49-21-8-11-24-56(49)63-59(53)60-58(51)50-22-9-12-25-57(50)64-60/h1-38H. The van der Waals surface area contributed by atoms with Crippen LogP contribution in [0.2, 0.25) is 0 Å². The molecule has 13 aromatic rings. The lowest BCUT2D eigenvalue weighted by atomic mass is 9.96. The maximum atomic E-state index is 6.65. The Balaban J connectivity index is 0.998. The average molecular weight is 819 g/mol. The number of hydrogen-bond donors (Lipinski definition) is 0. The van der Waals surface area contributed by atoms with Crippen LogP contribution >= 0.6 is 0 Å². The second kappa shape index (κ2) is 14.5. The number of anilines is 3. The first-order chi connectivity index (χ1) is 31.7. The first-order valence-electron chi connectivity index (χ1n) is 21.7. The van der Waals surface area contributed by atoms with Gasteiger partial charge in [-0.2, -0.15) is 0 Å². The van der Waals surface area contributed by atoms with Crippen molar-refractivity contribution in [1.82, 2.24) is 4.57 Å². The highest BCUT2D eigenvalue weighted by Crippen LogP contribution is 2.46. The largest absolute Gasteiger partial charge is 0.452 e. The van der Waals surface area contributed by atoms with E-state index in [2.05, 4.69) is 216 Å². The molecule has 3 heterocycles. The zero-order valence-corrected chi connectivity index (χ0v) is 34.7. The number of furan rings is 2. The third-order valence-electron chi connectivity index (χ3n) is 12.8. The minimum absolute atomic E-state index is 0.764. The van der Waals surface area contributed by atoms with Crippen LogP contribution in [0, 0.1) is 0 Å². The van der Waals surface area contributed by atoms with Crippen LogP contribution < -0.4 is 4.90 Å². The SMILES string of the molecule is c1ccc(-c2ccc(-c3ccc(N(c4cccc(-c5cc6c7ccccc7oc6c6oc7ccccc7c56)c4)c4ccc5c(c4)c4ccccc4n5-c4ccccc4)cc3)cc2)cc1. The van der Waals surface area contributed by atoms with Crippen LogP contribution in [0.3, 0.4) is 0 Å². The first kappa shape index (κ1) is 36.1. The Labute approximate surface area is 369 Å². The highest BCUT2D eigenvalue weighted by atomic mass is 16.4. The lowest BCUT2D eigenvalue weighted by Crippen LogP contribution is -2.10. The summed E-state index contributed by atoms with van der Waals surface area (Å²) in [5, 5.41) is 6.61. The number of nitrogens with zero attached hydrogens (tertiary/aromatic N) is 2. The van der Waals surface area contributed by atoms with E-state index in [1.54, 1.807) is 0 Å². The van der Waals surface area contributed by atoms with Gasteiger partial charge in [-0.3, -0.25) is 0 Å². The molecule has 0 saturated carbocycles. The fourth-order valence-corrected chi connectivity index (χ4v) is 9.80. The van der Waals surface area contributed by atoms with Crippen molar-refractivity contribution in [3.05, 3.63) is 231 Å². The number of hydrogen-bond acceptors (Lipinski definition) is 3. The predicted octanol–water partition coefficient (Wildman–Crippen LogP) is 17.1. The number of rotatable bonds is 7. The smallest absolute Gasteiger partial charge is 0.179 e. The third kappa shape index (κ3) is 5.77. The topological polar surface area (TPSA) is 34.5 Å². The van der Waals surface area contributed by atoms with E-state index in [0.29, 0.717) is 0 Å². The normalized spacial score (nSPS) is 11.8. The zero-order valence-electron chi connectivity index (χ0n) is 34.7. The summed E-state index contributed by atoms with van der Waals surface area (Å²) in [7, 11) is 0. The fourth-order valence-electron chi connectivity index (χ4n) is 9.80. The van der Waals surface area contributed by atoms with Crippen molar-refractivity contribution < 1.29 is 8.83 Å². The number of fused-ring (bicyclic) bond motifs is 10. The van der Waals surface area contributed by atoms with Gasteiger partial charge in [0.25, 0.3) is 0 Å². The van der Waals surface area contributed by atoms with E-state index in [4.69, 9.17) is 8.83 Å². The lowest BCUT2D eigenvalue weighted by molar-refractivity contribution is 0.633. The van der Waals surface area contributed by atoms with Crippen LogP contribution in [0.4, 0.5) is 17.1 Å². The molecule has 0 aliphatic rings. The van der Waals surface area contributed by atoms with Crippen molar-refractivity contribution in [3.8, 4) is 39.1 Å². The summed E-state index contributed by atoms with van der Waals surface area (Å²) in [6.45, 7) is 0. The van der Waals surface area contributed by atoms with Crippen molar-refractivity contribution in [2.45, 2.75) is 0 Å². The molecular weight excluding hydrogens is 781 g/mol. The van der Waals surface area contributed by atoms with Gasteiger partial charge < -0.3 is 18.3 Å². The molecule has 4 nitrogen and oxygen atoms in total. The van der Waals surface area contributed by atoms with Crippen LogP contribution in [0.5, 0.6) is 0 Å². The average Bonchev–Trinajstić information content (AvgIpc) is 4.05. The predicted molar refractivity (Wildman–Crippen MR) is 266 cm³/mol. The maximum Gasteiger partial charge on any atom is 0.179 e. The van der Waals surface area contributed by atoms with Crippen LogP contribution in [0.25, 0.3) is 105 Å². The molecule has 0 aliphatic heterocycles. The van der Waals surface area contributed by atoms with Crippen molar-refractivity contribution in [3.63, 3.8) is 0 Å². The molecule has 10 aromatic carbocycles. The molecule has 0 unspecified atom stereocenters. The minimum atomic E-state index is 0.764. The summed E-state index contributed by atoms with van der Waals surface area (Å²) in [5.74, 6) is 0. The summed E-state index contributed by atoms with van der Waals surface area (Å²) in [4.78, 5) is 2.39. The molecule has 0 spiro atoms. The molecule has 0 saturated heterocycles. The molecule has 300 valence electrons. The Bertz CT molecular complexity index is 3880. The van der Waals surface area contributed by atoms with Gasteiger partial charge in [0, 0.05) is 55.1 Å². The van der Waals surface area contributed by atoms with E-state index in [1.807, 2.05) is 24.3 Å². The van der Waals surface area contributed by atoms with Crippen LogP contribution in [-0.4, -0.2) is 4.57 Å². The van der Waals surface area contributed by atoms with E-state index < -0.39 is 0 Å². The van der Waals surface area contributed by atoms with E-state index in [-0.39, 0.29) is 0 Å². The van der Waals surface area contributed by atoms with E-state index in [0.717, 1.165) is 88.8 Å². The maximum absolute atomic E-state index is 6.65. The Morgan fingerprint density at radius 3 is 1.59 bits per heavy atom. The second-order valence-electron chi connectivity index (χ2n) is 16.5. The summed E-state index contributed by atoms with van der Waals surface area (Å²) in [6, 6.07) is 82.3. The molecule has 4 heteroatoms. The molecule has 0 aliphatic carbocycles. The van der Waals surface area contributed by atoms with Crippen molar-refractivity contribution in [2.24, 2.45) is 0 Å². The number of para-hydroxylation sites is 4. The van der Waals surface area contributed by atoms with Gasteiger partial charge in [0.2, 0.25) is 0 Å². The molecule has 0 amide bonds. The van der Waals surface area contributed by atoms with Crippen molar-refractivity contribution in [2.75, 3.05) is 4.90 Å². The van der Waals surface area contributed by atoms with Crippen LogP contribution in [-0.2, 0) is 0 Å². The van der Waals surface area contributed by atoms with Gasteiger partial charge in [0.15, 0.2) is 11.2 Å². The second-order valence-corrected chi connectivity index (χ2v) is 16.5. The molecule has 0 fully saturated rings. The molecule has 0 N–H and O–H groups in total. The fraction of sp³-hybridized carbons (Fsp3) is 0. The molecule has 13 rings (SSSR count). The lowest BCUT2D eigenvalue weighted by Gasteiger charge is -2.26. The summed E-state index contributed by atoms with van der Waals surface area (Å²) < 4.78 is 15.5. The van der Waals surface area contributed by atoms with Gasteiger partial charge in [-0.05, 0) is 112 Å². The van der Waals surface area contributed by atoms with Crippen LogP contribution in [0.15, 0.2) is 239 Å². The number of aromatic nitrogens is 1. The summed E-state index contributed by atoms with van der Waals surface area (Å²) in [6.07, 6.45) is 0. The number of benzene rings is 10. The first-order valence-corrected chi connectivity index (χ1v) is 21.7. The Morgan fingerprint density at radius 1 is 0.312 bits per heavy atom. The van der Waals surface area contributed by atoms with Crippen molar-refractivity contribution in [1.29, 1.82) is 0 Å². The monoisotopic (exact) mass is 818 g/mol. The summed E-state index contributed by atoms with van der Waals surface area (Å²) in [5.41, 5.74) is 16.8. The molecule has 3 aromatic heterocycles. The van der Waals surface area contributed by atoms with Crippen molar-refractivity contribution >= 4 is 82.7 Å². The quantitative estimate of drug-likeness (QED) is 0.161. The van der Waals surface area contributed by atoms with Gasteiger partial charge in [-0.25, -0.2) is 0 Å². The van der Waals surface area contributed by atoms with Gasteiger partial charge >= 0.3 is 0 Å². The van der Waals surface area contributed by atoms with Gasteiger partial charge in [-0.15, -0.1) is 0 Å². The zero-order chi connectivity index (χ0) is 42.1. The molecule has 0 bridgehead atoms. The Morgan fingerprint density at radius 2 is 0.844 bits per heavy atom. The van der Waals surface area contributed by atoms with Gasteiger partial charge in [0.05, 0.1) is 11.0 Å². The molecule has 0 atom stereocenters. The van der Waals surface area contributed by atoms with E-state index in [1.165, 1.54) is 33.0 Å². The highest BCUT2D eigenvalue weighted by molar-refractivity contribution is 6.24. The molecular formula is C60H38N2O2. The minimum Gasteiger partial charge on any atom is -0.452 e. The van der Waals surface area contributed by atoms with E-state index in [9.17, 15) is 0 Å². The molecule has 64 heavy (non-hydrogen) atoms.